The molecule has 0 aromatic carbocycles. The monoisotopic (exact) mass is 385 g/mol. The van der Waals surface area contributed by atoms with E-state index >= 15 is 0 Å². The van der Waals surface area contributed by atoms with Crippen LogP contribution in [0.4, 0.5) is 0 Å². The number of hydrogen-bond acceptors (Lipinski definition) is 4. The van der Waals surface area contributed by atoms with Crippen molar-refractivity contribution in [2.75, 3.05) is 13.2 Å². The number of aliphatic hydroxyl groups is 2. The molecule has 5 heteroatoms. The van der Waals surface area contributed by atoms with E-state index < -0.39 is 11.5 Å². The smallest absolute Gasteiger partial charge is 0.303 e. The normalized spacial score (nSPS) is 11.7. The highest BCUT2D eigenvalue weighted by molar-refractivity contribution is 5.66. The number of nitrogens with two attached hydrogens (primary N) is 1. The number of carboxylic acids is 1. The van der Waals surface area contributed by atoms with Gasteiger partial charge >= 0.3 is 5.97 Å². The van der Waals surface area contributed by atoms with Gasteiger partial charge in [-0.25, -0.2) is 0 Å². The highest BCUT2D eigenvalue weighted by Gasteiger charge is 2.13. The Balaban J connectivity index is 0. The van der Waals surface area contributed by atoms with Gasteiger partial charge < -0.3 is 21.1 Å². The average Bonchev–Trinajstić information content (AvgIpc) is 2.65. The number of rotatable bonds is 16. The molecule has 0 aliphatic heterocycles. The summed E-state index contributed by atoms with van der Waals surface area (Å²) < 4.78 is 0. The van der Waals surface area contributed by atoms with Crippen molar-refractivity contribution in [1.29, 1.82) is 0 Å². The van der Waals surface area contributed by atoms with Crippen LogP contribution < -0.4 is 5.73 Å². The first-order valence-corrected chi connectivity index (χ1v) is 10.4. The van der Waals surface area contributed by atoms with Crippen LogP contribution in [-0.4, -0.2) is 40.0 Å². The van der Waals surface area contributed by atoms with Gasteiger partial charge in [0.15, 0.2) is 0 Å². The molecule has 0 heterocycles. The quantitative estimate of drug-likeness (QED) is 0.230. The Labute approximate surface area is 166 Å². The van der Waals surface area contributed by atoms with E-state index in [-0.39, 0.29) is 13.2 Å². The van der Waals surface area contributed by atoms with E-state index in [4.69, 9.17) is 21.1 Å². The maximum atomic E-state index is 10.3. The van der Waals surface area contributed by atoms with Crippen LogP contribution in [0, 0.1) is 0 Å². The standard InChI is InChI=1S/C18H32O2.C4H11NO2/c1-2-3-4-5-6-7-8-9-10-11-12-13-14-15-16-17-18(19)20;1-4(5,2-6)3-7/h6-7,9-10H,2-5,8,11-17H2,1H3,(H,19,20);6-7H,2-3,5H2,1H3/b7-6-,10-9-;. The van der Waals surface area contributed by atoms with E-state index in [1.807, 2.05) is 0 Å². The molecule has 0 amide bonds. The van der Waals surface area contributed by atoms with Crippen LogP contribution in [-0.2, 0) is 4.79 Å². The second kappa shape index (κ2) is 21.1. The lowest BCUT2D eigenvalue weighted by Crippen LogP contribution is -2.43. The van der Waals surface area contributed by atoms with Gasteiger partial charge in [0.05, 0.1) is 18.8 Å². The fourth-order valence-corrected chi connectivity index (χ4v) is 2.14. The molecule has 0 aromatic rings. The zero-order valence-corrected chi connectivity index (χ0v) is 17.5. The van der Waals surface area contributed by atoms with Crippen molar-refractivity contribution in [1.82, 2.24) is 0 Å². The van der Waals surface area contributed by atoms with Crippen molar-refractivity contribution in [3.05, 3.63) is 24.3 Å². The molecule has 5 nitrogen and oxygen atoms in total. The molecule has 0 bridgehead atoms. The summed E-state index contributed by atoms with van der Waals surface area (Å²) in [6.07, 6.45) is 22.3. The van der Waals surface area contributed by atoms with Gasteiger partial charge in [-0.05, 0) is 45.4 Å². The molecule has 0 fully saturated rings. The number of carboxylic acid groups (broad SMARTS) is 1. The number of unbranched alkanes of at least 4 members (excludes halogenated alkanes) is 8. The van der Waals surface area contributed by atoms with Crippen molar-refractivity contribution in [3.63, 3.8) is 0 Å². The van der Waals surface area contributed by atoms with Crippen molar-refractivity contribution in [3.8, 4) is 0 Å². The van der Waals surface area contributed by atoms with Crippen LogP contribution in [0.3, 0.4) is 0 Å². The molecule has 0 rings (SSSR count). The molecule has 0 atom stereocenters. The second-order valence-corrected chi connectivity index (χ2v) is 7.34. The third-order valence-corrected chi connectivity index (χ3v) is 4.06. The first-order valence-electron chi connectivity index (χ1n) is 10.4. The van der Waals surface area contributed by atoms with Crippen LogP contribution in [0.1, 0.15) is 90.9 Å². The molecule has 0 unspecified atom stereocenters. The van der Waals surface area contributed by atoms with Crippen LogP contribution in [0.5, 0.6) is 0 Å². The highest BCUT2D eigenvalue weighted by atomic mass is 16.4. The van der Waals surface area contributed by atoms with Crippen molar-refractivity contribution in [2.45, 2.75) is 96.4 Å². The Hall–Kier alpha value is -1.17. The van der Waals surface area contributed by atoms with Crippen molar-refractivity contribution in [2.24, 2.45) is 5.73 Å². The number of carbonyl (C=O) groups is 1. The minimum absolute atomic E-state index is 0.177. The van der Waals surface area contributed by atoms with E-state index in [1.165, 1.54) is 44.9 Å². The fraction of sp³-hybridized carbons (Fsp3) is 0.773. The molecular formula is C22H43NO4. The lowest BCUT2D eigenvalue weighted by molar-refractivity contribution is -0.137. The van der Waals surface area contributed by atoms with Gasteiger partial charge in [0, 0.05) is 6.42 Å². The Morgan fingerprint density at radius 1 is 0.852 bits per heavy atom. The van der Waals surface area contributed by atoms with E-state index in [9.17, 15) is 4.79 Å². The predicted molar refractivity (Wildman–Crippen MR) is 114 cm³/mol. The first kappa shape index (κ1) is 28.0. The third kappa shape index (κ3) is 27.2. The number of aliphatic hydroxyl groups excluding tert-OH is 2. The van der Waals surface area contributed by atoms with E-state index in [2.05, 4.69) is 31.2 Å². The maximum Gasteiger partial charge on any atom is 0.303 e. The van der Waals surface area contributed by atoms with Crippen LogP contribution >= 0.6 is 0 Å². The van der Waals surface area contributed by atoms with Crippen LogP contribution in [0.15, 0.2) is 24.3 Å². The summed E-state index contributed by atoms with van der Waals surface area (Å²) in [5, 5.41) is 25.1. The Bertz CT molecular complexity index is 373. The van der Waals surface area contributed by atoms with Gasteiger partial charge in [0.25, 0.3) is 0 Å². The summed E-state index contributed by atoms with van der Waals surface area (Å²) in [7, 11) is 0. The Morgan fingerprint density at radius 2 is 1.33 bits per heavy atom. The average molecular weight is 386 g/mol. The molecule has 0 aliphatic carbocycles. The summed E-state index contributed by atoms with van der Waals surface area (Å²) in [4.78, 5) is 10.3. The number of hydrogen-bond donors (Lipinski definition) is 4. The summed E-state index contributed by atoms with van der Waals surface area (Å²) in [5.74, 6) is -0.671. The van der Waals surface area contributed by atoms with Gasteiger partial charge in [-0.2, -0.15) is 0 Å². The minimum Gasteiger partial charge on any atom is -0.481 e. The lowest BCUT2D eigenvalue weighted by Gasteiger charge is -2.16. The second-order valence-electron chi connectivity index (χ2n) is 7.34. The van der Waals surface area contributed by atoms with Crippen LogP contribution in [0.2, 0.25) is 0 Å². The SMILES string of the molecule is CC(N)(CO)CO.CCCCC/C=C\C/C=C\CCCCCCCC(=O)O. The van der Waals surface area contributed by atoms with Crippen LogP contribution in [0.25, 0.3) is 0 Å². The predicted octanol–water partition coefficient (Wildman–Crippen LogP) is 4.57. The summed E-state index contributed by atoms with van der Waals surface area (Å²) in [5.41, 5.74) is 4.41. The number of aliphatic carboxylic acids is 1. The molecule has 160 valence electrons. The van der Waals surface area contributed by atoms with Gasteiger partial charge in [0.1, 0.15) is 0 Å². The van der Waals surface area contributed by atoms with E-state index in [1.54, 1.807) is 6.92 Å². The lowest BCUT2D eigenvalue weighted by atomic mass is 10.1. The summed E-state index contributed by atoms with van der Waals surface area (Å²) >= 11 is 0. The molecule has 0 saturated carbocycles. The van der Waals surface area contributed by atoms with Gasteiger partial charge in [-0.3, -0.25) is 4.79 Å². The molecule has 0 aromatic heterocycles. The number of allylic oxidation sites excluding steroid dienone is 4. The molecular weight excluding hydrogens is 342 g/mol. The van der Waals surface area contributed by atoms with Gasteiger partial charge in [-0.15, -0.1) is 0 Å². The van der Waals surface area contributed by atoms with E-state index in [0.29, 0.717) is 6.42 Å². The zero-order valence-electron chi connectivity index (χ0n) is 17.5. The Kier molecular flexibility index (Phi) is 22.0. The molecule has 0 saturated heterocycles. The zero-order chi connectivity index (χ0) is 20.8. The fourth-order valence-electron chi connectivity index (χ4n) is 2.14. The van der Waals surface area contributed by atoms with E-state index in [0.717, 1.165) is 25.7 Å². The minimum atomic E-state index is -0.806. The molecule has 0 radical (unpaired) electrons. The molecule has 5 N–H and O–H groups in total. The summed E-state index contributed by atoms with van der Waals surface area (Å²) in [6.45, 7) is 3.46. The Morgan fingerprint density at radius 3 is 1.78 bits per heavy atom. The summed E-state index contributed by atoms with van der Waals surface area (Å²) in [6, 6.07) is 0. The van der Waals surface area contributed by atoms with Crippen molar-refractivity contribution < 1.29 is 20.1 Å². The highest BCUT2D eigenvalue weighted by Crippen LogP contribution is 2.08. The van der Waals surface area contributed by atoms with Crippen molar-refractivity contribution >= 4 is 5.97 Å². The molecule has 0 aliphatic rings. The first-order chi connectivity index (χ1) is 12.9. The third-order valence-electron chi connectivity index (χ3n) is 4.06. The largest absolute Gasteiger partial charge is 0.481 e. The molecule has 27 heavy (non-hydrogen) atoms. The maximum absolute atomic E-state index is 10.3. The van der Waals surface area contributed by atoms with Gasteiger partial charge in [0.2, 0.25) is 0 Å². The molecule has 0 spiro atoms. The van der Waals surface area contributed by atoms with Gasteiger partial charge in [-0.1, -0.05) is 63.3 Å². The topological polar surface area (TPSA) is 104 Å².